The van der Waals surface area contributed by atoms with Gasteiger partial charge in [-0.05, 0) is 12.1 Å². The third kappa shape index (κ3) is 2.25. The first kappa shape index (κ1) is 12.3. The van der Waals surface area contributed by atoms with Gasteiger partial charge in [-0.25, -0.2) is 0 Å². The van der Waals surface area contributed by atoms with Crippen molar-refractivity contribution in [3.8, 4) is 0 Å². The second-order valence-corrected chi connectivity index (χ2v) is 4.09. The standard InChI is InChI=1S/C13H13NO4/c1-18-13(17)10-7-14(8-11(10)15)12(16)9-5-3-2-4-6-9/h2-6,10H,7-8H2,1H3. The molecule has 2 rings (SSSR count). The van der Waals surface area contributed by atoms with Crippen LogP contribution in [0.15, 0.2) is 30.3 Å². The lowest BCUT2D eigenvalue weighted by atomic mass is 10.1. The largest absolute Gasteiger partial charge is 0.468 e. The van der Waals surface area contributed by atoms with Crippen LogP contribution in [0.1, 0.15) is 10.4 Å². The Morgan fingerprint density at radius 1 is 1.28 bits per heavy atom. The zero-order chi connectivity index (χ0) is 13.1. The minimum Gasteiger partial charge on any atom is -0.468 e. The molecule has 1 aliphatic rings. The number of benzene rings is 1. The normalized spacial score (nSPS) is 18.8. The number of carbonyl (C=O) groups excluding carboxylic acids is 3. The van der Waals surface area contributed by atoms with Crippen molar-refractivity contribution in [2.75, 3.05) is 20.2 Å². The van der Waals surface area contributed by atoms with Crippen LogP contribution in [0.5, 0.6) is 0 Å². The molecular formula is C13H13NO4. The number of ether oxygens (including phenoxy) is 1. The quantitative estimate of drug-likeness (QED) is 0.564. The Kier molecular flexibility index (Phi) is 3.41. The van der Waals surface area contributed by atoms with Gasteiger partial charge in [0.2, 0.25) is 0 Å². The van der Waals surface area contributed by atoms with E-state index in [9.17, 15) is 14.4 Å². The molecular weight excluding hydrogens is 234 g/mol. The summed E-state index contributed by atoms with van der Waals surface area (Å²) in [6, 6.07) is 8.67. The summed E-state index contributed by atoms with van der Waals surface area (Å²) in [7, 11) is 1.23. The Bertz CT molecular complexity index is 483. The van der Waals surface area contributed by atoms with Crippen molar-refractivity contribution in [1.82, 2.24) is 4.90 Å². The van der Waals surface area contributed by atoms with Gasteiger partial charge in [-0.2, -0.15) is 0 Å². The fourth-order valence-corrected chi connectivity index (χ4v) is 1.95. The molecule has 1 fully saturated rings. The van der Waals surface area contributed by atoms with Gasteiger partial charge in [0.1, 0.15) is 5.92 Å². The molecule has 0 aliphatic carbocycles. The second kappa shape index (κ2) is 5.00. The number of hydrogen-bond donors (Lipinski definition) is 0. The zero-order valence-electron chi connectivity index (χ0n) is 9.96. The fraction of sp³-hybridized carbons (Fsp3) is 0.308. The third-order valence-electron chi connectivity index (χ3n) is 2.93. The number of amides is 1. The molecule has 1 aromatic rings. The maximum Gasteiger partial charge on any atom is 0.318 e. The zero-order valence-corrected chi connectivity index (χ0v) is 9.96. The number of esters is 1. The van der Waals surface area contributed by atoms with E-state index in [2.05, 4.69) is 4.74 Å². The summed E-state index contributed by atoms with van der Waals surface area (Å²) in [4.78, 5) is 36.4. The highest BCUT2D eigenvalue weighted by Crippen LogP contribution is 2.17. The molecule has 0 aromatic heterocycles. The van der Waals surface area contributed by atoms with E-state index in [1.165, 1.54) is 12.0 Å². The highest BCUT2D eigenvalue weighted by molar-refractivity contribution is 6.06. The maximum atomic E-state index is 12.1. The topological polar surface area (TPSA) is 63.7 Å². The first-order valence-corrected chi connectivity index (χ1v) is 5.58. The summed E-state index contributed by atoms with van der Waals surface area (Å²) in [5, 5.41) is 0. The molecule has 1 aliphatic heterocycles. The first-order valence-electron chi connectivity index (χ1n) is 5.58. The van der Waals surface area contributed by atoms with Crippen molar-refractivity contribution in [1.29, 1.82) is 0 Å². The number of likely N-dealkylation sites (tertiary alicyclic amines) is 1. The molecule has 0 bridgehead atoms. The van der Waals surface area contributed by atoms with Crippen LogP contribution in [0.4, 0.5) is 0 Å². The Hall–Kier alpha value is -2.17. The number of nitrogens with zero attached hydrogens (tertiary/aromatic N) is 1. The predicted octanol–water partition coefficient (Wildman–Crippen LogP) is 0.501. The van der Waals surface area contributed by atoms with E-state index in [4.69, 9.17) is 0 Å². The van der Waals surface area contributed by atoms with Crippen molar-refractivity contribution in [3.05, 3.63) is 35.9 Å². The van der Waals surface area contributed by atoms with E-state index in [1.807, 2.05) is 6.07 Å². The lowest BCUT2D eigenvalue weighted by Crippen LogP contribution is -2.30. The first-order chi connectivity index (χ1) is 8.63. The summed E-state index contributed by atoms with van der Waals surface area (Å²) in [5.41, 5.74) is 0.510. The number of hydrogen-bond acceptors (Lipinski definition) is 4. The fourth-order valence-electron chi connectivity index (χ4n) is 1.95. The van der Waals surface area contributed by atoms with E-state index < -0.39 is 11.9 Å². The molecule has 5 heteroatoms. The minimum absolute atomic E-state index is 0.0342. The third-order valence-corrected chi connectivity index (χ3v) is 2.93. The van der Waals surface area contributed by atoms with E-state index in [0.29, 0.717) is 5.56 Å². The van der Waals surface area contributed by atoms with E-state index in [-0.39, 0.29) is 24.8 Å². The molecule has 5 nitrogen and oxygen atoms in total. The Morgan fingerprint density at radius 3 is 2.56 bits per heavy atom. The highest BCUT2D eigenvalue weighted by atomic mass is 16.5. The Labute approximate surface area is 104 Å². The molecule has 1 aromatic carbocycles. The second-order valence-electron chi connectivity index (χ2n) is 4.09. The number of rotatable bonds is 2. The molecule has 1 saturated heterocycles. The predicted molar refractivity (Wildman–Crippen MR) is 62.9 cm³/mol. The Morgan fingerprint density at radius 2 is 1.94 bits per heavy atom. The van der Waals surface area contributed by atoms with E-state index in [0.717, 1.165) is 0 Å². The van der Waals surface area contributed by atoms with Gasteiger partial charge in [-0.15, -0.1) is 0 Å². The van der Waals surface area contributed by atoms with Crippen LogP contribution < -0.4 is 0 Å². The maximum absolute atomic E-state index is 12.1. The highest BCUT2D eigenvalue weighted by Gasteiger charge is 2.39. The van der Waals surface area contributed by atoms with Gasteiger partial charge in [-0.3, -0.25) is 14.4 Å². The van der Waals surface area contributed by atoms with Crippen LogP contribution in [-0.4, -0.2) is 42.8 Å². The molecule has 1 unspecified atom stereocenters. The molecule has 0 saturated carbocycles. The van der Waals surface area contributed by atoms with Gasteiger partial charge < -0.3 is 9.64 Å². The van der Waals surface area contributed by atoms with Crippen molar-refractivity contribution >= 4 is 17.7 Å². The van der Waals surface area contributed by atoms with Gasteiger partial charge in [0.05, 0.1) is 13.7 Å². The van der Waals surface area contributed by atoms with Crippen LogP contribution in [0, 0.1) is 5.92 Å². The summed E-state index contributed by atoms with van der Waals surface area (Å²) >= 11 is 0. The number of methoxy groups -OCH3 is 1. The average molecular weight is 247 g/mol. The van der Waals surface area contributed by atoms with Crippen LogP contribution >= 0.6 is 0 Å². The van der Waals surface area contributed by atoms with Gasteiger partial charge in [-0.1, -0.05) is 18.2 Å². The van der Waals surface area contributed by atoms with Gasteiger partial charge in [0, 0.05) is 12.1 Å². The lowest BCUT2D eigenvalue weighted by molar-refractivity contribution is -0.147. The molecule has 0 spiro atoms. The van der Waals surface area contributed by atoms with E-state index >= 15 is 0 Å². The monoisotopic (exact) mass is 247 g/mol. The van der Waals surface area contributed by atoms with Crippen molar-refractivity contribution in [2.45, 2.75) is 0 Å². The average Bonchev–Trinajstić information content (AvgIpc) is 2.80. The van der Waals surface area contributed by atoms with Crippen LogP contribution in [0.2, 0.25) is 0 Å². The van der Waals surface area contributed by atoms with Crippen LogP contribution in [0.25, 0.3) is 0 Å². The summed E-state index contributed by atoms with van der Waals surface area (Å²) < 4.78 is 4.54. The van der Waals surface area contributed by atoms with Gasteiger partial charge >= 0.3 is 5.97 Å². The molecule has 0 radical (unpaired) electrons. The molecule has 18 heavy (non-hydrogen) atoms. The SMILES string of the molecule is COC(=O)C1CN(C(=O)c2ccccc2)CC1=O. The number of carbonyl (C=O) groups is 3. The lowest BCUT2D eigenvalue weighted by Gasteiger charge is -2.14. The van der Waals surface area contributed by atoms with Crippen molar-refractivity contribution < 1.29 is 19.1 Å². The summed E-state index contributed by atoms with van der Waals surface area (Å²) in [6.07, 6.45) is 0. The van der Waals surface area contributed by atoms with Gasteiger partial charge in [0.25, 0.3) is 5.91 Å². The van der Waals surface area contributed by atoms with E-state index in [1.54, 1.807) is 24.3 Å². The van der Waals surface area contributed by atoms with Gasteiger partial charge in [0.15, 0.2) is 5.78 Å². The molecule has 0 N–H and O–H groups in total. The molecule has 94 valence electrons. The molecule has 1 amide bonds. The van der Waals surface area contributed by atoms with Crippen LogP contribution in [-0.2, 0) is 14.3 Å². The smallest absolute Gasteiger partial charge is 0.318 e. The minimum atomic E-state index is -0.845. The number of Topliss-reactive ketones (excluding diaryl/α,β-unsaturated/α-hetero) is 1. The van der Waals surface area contributed by atoms with Crippen molar-refractivity contribution in [2.24, 2.45) is 5.92 Å². The Balaban J connectivity index is 2.11. The molecule has 1 atom stereocenters. The van der Waals surface area contributed by atoms with Crippen LogP contribution in [0.3, 0.4) is 0 Å². The summed E-state index contributed by atoms with van der Waals surface area (Å²) in [5.74, 6) is -1.94. The van der Waals surface area contributed by atoms with Crippen molar-refractivity contribution in [3.63, 3.8) is 0 Å². The summed E-state index contributed by atoms with van der Waals surface area (Å²) in [6.45, 7) is 0.0622. The molecule has 1 heterocycles. The number of ketones is 1.